The molecule has 742 valence electrons. The van der Waals surface area contributed by atoms with Crippen LogP contribution in [0.4, 0.5) is 0 Å². The number of unbranched alkanes of at least 4 members (excludes halogenated alkanes) is 3. The molecular weight excluding hydrogens is 1850 g/mol. The van der Waals surface area contributed by atoms with E-state index in [1.54, 1.807) is 19.0 Å². The molecule has 24 N–H and O–H groups in total. The molecule has 9 amide bonds. The first-order valence-corrected chi connectivity index (χ1v) is 45.2. The zero-order valence-corrected chi connectivity index (χ0v) is 76.7. The molecule has 9 aliphatic heterocycles. The zero-order valence-electron chi connectivity index (χ0n) is 75.1. The first-order chi connectivity index (χ1) is 65.7. The van der Waals surface area contributed by atoms with Crippen LogP contribution in [0.25, 0.3) is 11.1 Å². The van der Waals surface area contributed by atoms with Crippen molar-refractivity contribution in [2.75, 3.05) is 54.1 Å². The first kappa shape index (κ1) is 102. The Morgan fingerprint density at radius 3 is 1.70 bits per heavy atom. The quantitative estimate of drug-likeness (QED) is 0.0420. The van der Waals surface area contributed by atoms with Gasteiger partial charge in [0.15, 0.2) is 29.3 Å². The summed E-state index contributed by atoms with van der Waals surface area (Å²) in [6.07, 6.45) is -25.6. The van der Waals surface area contributed by atoms with E-state index < -0.39 is 304 Å². The monoisotopic (exact) mass is 1960 g/mol. The number of rotatable bonds is 22. The van der Waals surface area contributed by atoms with Crippen LogP contribution in [0, 0.1) is 5.92 Å². The summed E-state index contributed by atoms with van der Waals surface area (Å²) in [5, 5.41) is 181. The van der Waals surface area contributed by atoms with Crippen LogP contribution in [-0.4, -0.2) is 293 Å². The van der Waals surface area contributed by atoms with E-state index in [0.717, 1.165) is 110 Å². The van der Waals surface area contributed by atoms with Gasteiger partial charge in [-0.25, -0.2) is 0 Å². The first-order valence-electron chi connectivity index (χ1n) is 44.4. The summed E-state index contributed by atoms with van der Waals surface area (Å²) in [5.41, 5.74) is 3.45. The molecule has 0 aromatic heterocycles. The van der Waals surface area contributed by atoms with E-state index in [4.69, 9.17) is 71.6 Å². The average Bonchev–Trinajstić information content (AvgIpc) is 0.751. The Kier molecular flexibility index (Phi) is 32.1. The molecule has 9 aliphatic rings. The van der Waals surface area contributed by atoms with Gasteiger partial charge in [-0.2, -0.15) is 0 Å². The lowest BCUT2D eigenvalue weighted by Gasteiger charge is -2.44. The fraction of sp³-hybridized carbons (Fsp3) is 0.452. The average molecular weight is 1960 g/mol. The SMILES string of the molecule is CC(=O)N[C@@H]1[C@H](O[C@@H]2c3ccc(c(Cl)c3)Oc3cc4cc(c3O[C@@H]3O[C@@H](CO)[C@@H](O)[C@H](O)[C@@H]3NC(=O)CCCCCCC(C)C)Oc3ccc(cc3Cl)C[C@H]3NC(=O)[C@H](N)c5ccc(O)c(c5)Oc5cc(O)cc(c5)[C@H](NC3=O)C(=O)N[C@H]4C(=O)N[C@H]3C(=O)N[C@@H]2C(=O)N[C@H](C(=O)N(C)CCN(C)C)c2cc(O)cc(O[C@H]4O[C@H](CO)[C@@H](O)[C@@H](O)[C@@H]4O)c2-c2cc3ccc2O)O[C@@H](CO)[C@@H](O)[C@@H]1O. The predicted octanol–water partition coefficient (Wildman–Crippen LogP) is 0.955. The van der Waals surface area contributed by atoms with Crippen LogP contribution >= 0.6 is 23.2 Å². The summed E-state index contributed by atoms with van der Waals surface area (Å²) < 4.78 is 58.3. The van der Waals surface area contributed by atoms with Crippen LogP contribution in [0.5, 0.6) is 69.0 Å². The van der Waals surface area contributed by atoms with Crippen molar-refractivity contribution in [3.63, 3.8) is 0 Å². The minimum absolute atomic E-state index is 0.0335. The van der Waals surface area contributed by atoms with Gasteiger partial charge in [0.1, 0.15) is 162 Å². The number of hydrogen-bond acceptors (Lipinski definition) is 34. The molecular formula is C93H109Cl2N11O32. The van der Waals surface area contributed by atoms with Gasteiger partial charge < -0.3 is 172 Å². The number of amides is 9. The molecule has 43 nitrogen and oxygen atoms in total. The van der Waals surface area contributed by atoms with Gasteiger partial charge in [0.2, 0.25) is 71.5 Å². The van der Waals surface area contributed by atoms with E-state index in [9.17, 15) is 85.9 Å². The Labute approximate surface area is 798 Å². The second-order valence-electron chi connectivity index (χ2n) is 35.4. The molecule has 7 aromatic rings. The summed E-state index contributed by atoms with van der Waals surface area (Å²) in [6, 6.07) is 1.99. The van der Waals surface area contributed by atoms with E-state index in [1.165, 1.54) is 43.4 Å². The Bertz CT molecular complexity index is 5730. The van der Waals surface area contributed by atoms with E-state index >= 15 is 28.8 Å². The van der Waals surface area contributed by atoms with Gasteiger partial charge in [-0.3, -0.25) is 43.2 Å². The number of ether oxygens (including phenoxy) is 9. The number of aliphatic hydroxyl groups excluding tert-OH is 10. The molecule has 45 heteroatoms. The fourth-order valence-electron chi connectivity index (χ4n) is 17.2. The smallest absolute Gasteiger partial charge is 0.249 e. The molecule has 9 heterocycles. The standard InChI is InChI=1S/C93H109Cl2N11O32/c1-38(2)11-9-7-8-10-12-65(115)99-73-79(120)76(117)63(36-108)135-92(73)138-83-60-30-45-31-61(83)132-57-20-16-43(28-52(57)95)82(137-91-72(97-39(3)110)78(119)75(116)62(35-107)134-91)74-89(128)103-71(90(129)106(6)22-21-105(4)5)50-33-47(112)34-59(133-93-81(122)80(121)77(118)64(37-109)136-93)66(50)49-27-42(15-17-54(49)113)68(86(125)104-74)101-88(127)70(45)102-87(126)69-44-25-46(111)32-48(26-44)130-58-29-41(14-18-55(58)114)67(96)85(124)98-53(84(123)100-69)24-40-13-19-56(131-60)51(94)23-40/h13-20,23,25-34,38,53,62-64,67-82,91-93,107-109,111-114,116-122H,7-12,21-22,24,35-37,96H2,1-6H3,(H,97,110)(H,98,124)(H,99,115)(H,100,123)(H,101,127)(H,102,126)(H,103,128)(H,104,125)/t53-,62+,63+,64-,67-,68-,69+,70-,71+,72+,73+,74+,75-,76-,77-,78-,79-,80-,81+,82-,91+,92+,93+/m1/s1. The van der Waals surface area contributed by atoms with E-state index in [2.05, 4.69) is 56.4 Å². The maximum atomic E-state index is 17.2. The number of nitrogens with one attached hydrogen (secondary N) is 8. The number of fused-ring (bicyclic) bond motifs is 14. The van der Waals surface area contributed by atoms with Crippen molar-refractivity contribution in [1.82, 2.24) is 52.3 Å². The molecule has 3 saturated heterocycles. The number of benzene rings is 7. The van der Waals surface area contributed by atoms with Crippen molar-refractivity contribution in [2.24, 2.45) is 11.7 Å². The number of aliphatic hydroxyl groups is 10. The van der Waals surface area contributed by atoms with Crippen LogP contribution in [0.1, 0.15) is 135 Å². The third kappa shape index (κ3) is 22.6. The van der Waals surface area contributed by atoms with Gasteiger partial charge in [0.05, 0.1) is 29.9 Å². The lowest BCUT2D eigenvalue weighted by Crippen LogP contribution is -2.65. The number of aromatic hydroxyl groups is 4. The predicted molar refractivity (Wildman–Crippen MR) is 482 cm³/mol. The molecule has 138 heavy (non-hydrogen) atoms. The second kappa shape index (κ2) is 43.5. The van der Waals surface area contributed by atoms with Crippen LogP contribution in [-0.2, 0) is 68.5 Å². The molecule has 23 atom stereocenters. The van der Waals surface area contributed by atoms with Crippen molar-refractivity contribution in [3.8, 4) is 80.1 Å². The van der Waals surface area contributed by atoms with E-state index in [0.29, 0.717) is 18.8 Å². The third-order valence-electron chi connectivity index (χ3n) is 24.6. The molecule has 16 rings (SSSR count). The largest absolute Gasteiger partial charge is 0.508 e. The number of phenolic OH excluding ortho intramolecular Hbond substituents is 4. The summed E-state index contributed by atoms with van der Waals surface area (Å²) in [5.74, 6) is -17.5. The van der Waals surface area contributed by atoms with E-state index in [-0.39, 0.29) is 64.0 Å². The number of carbonyl (C=O) groups excluding carboxylic acids is 9. The summed E-state index contributed by atoms with van der Waals surface area (Å²) in [7, 11) is 4.66. The number of nitrogens with two attached hydrogens (primary N) is 1. The van der Waals surface area contributed by atoms with Gasteiger partial charge in [0.25, 0.3) is 0 Å². The Balaban J connectivity index is 1.05. The number of halogens is 2. The van der Waals surface area contributed by atoms with Crippen molar-refractivity contribution in [2.45, 2.75) is 206 Å². The maximum Gasteiger partial charge on any atom is 0.249 e. The number of phenols is 4. The van der Waals surface area contributed by atoms with E-state index in [1.807, 2.05) is 0 Å². The van der Waals surface area contributed by atoms with Crippen LogP contribution in [0.2, 0.25) is 10.0 Å². The van der Waals surface area contributed by atoms with Gasteiger partial charge >= 0.3 is 0 Å². The second-order valence-corrected chi connectivity index (χ2v) is 36.2. The molecule has 0 saturated carbocycles. The van der Waals surface area contributed by atoms with Crippen molar-refractivity contribution in [1.29, 1.82) is 0 Å². The third-order valence-corrected chi connectivity index (χ3v) is 25.2. The van der Waals surface area contributed by atoms with Crippen LogP contribution < -0.4 is 72.0 Å². The highest BCUT2D eigenvalue weighted by molar-refractivity contribution is 6.32. The number of nitrogens with zero attached hydrogens (tertiary/aromatic N) is 2. The number of carbonyl (C=O) groups is 9. The number of likely N-dealkylation sites (N-methyl/N-ethyl adjacent to an activating group) is 2. The minimum Gasteiger partial charge on any atom is -0.508 e. The van der Waals surface area contributed by atoms with Gasteiger partial charge in [-0.1, -0.05) is 87.0 Å². The Morgan fingerprint density at radius 2 is 1.07 bits per heavy atom. The highest BCUT2D eigenvalue weighted by Gasteiger charge is 2.53. The lowest BCUT2D eigenvalue weighted by atomic mass is 9.89. The molecule has 0 aliphatic carbocycles. The van der Waals surface area contributed by atoms with Gasteiger partial charge in [-0.05, 0) is 144 Å². The molecule has 0 radical (unpaired) electrons. The Hall–Kier alpha value is -12.1. The summed E-state index contributed by atoms with van der Waals surface area (Å²) >= 11 is 14.9. The van der Waals surface area contributed by atoms with Crippen molar-refractivity contribution < 1.29 is 157 Å². The van der Waals surface area contributed by atoms with Crippen LogP contribution in [0.15, 0.2) is 115 Å². The van der Waals surface area contributed by atoms with Gasteiger partial charge in [-0.15, -0.1) is 0 Å². The molecule has 17 bridgehead atoms. The Morgan fingerprint density at radius 1 is 0.507 bits per heavy atom. The maximum absolute atomic E-state index is 17.2. The van der Waals surface area contributed by atoms with Crippen LogP contribution in [0.3, 0.4) is 0 Å². The lowest BCUT2D eigenvalue weighted by molar-refractivity contribution is -0.284. The number of hydrogen-bond donors (Lipinski definition) is 23. The molecule has 3 fully saturated rings. The highest BCUT2D eigenvalue weighted by Crippen LogP contribution is 2.51. The summed E-state index contributed by atoms with van der Waals surface area (Å²) in [4.78, 5) is 144. The molecule has 0 unspecified atom stereocenters. The van der Waals surface area contributed by atoms with Gasteiger partial charge in [0, 0.05) is 63.2 Å². The molecule has 7 aromatic carbocycles. The minimum atomic E-state index is -2.52. The fourth-order valence-corrected chi connectivity index (χ4v) is 17.6. The van der Waals surface area contributed by atoms with Crippen molar-refractivity contribution in [3.05, 3.63) is 164 Å². The zero-order chi connectivity index (χ0) is 99.4. The topological polar surface area (TPSA) is 649 Å². The normalized spacial score (nSPS) is 28.2. The summed E-state index contributed by atoms with van der Waals surface area (Å²) in [6.45, 7) is 2.03. The van der Waals surface area contributed by atoms with Crippen molar-refractivity contribution >= 4 is 76.4 Å². The highest BCUT2D eigenvalue weighted by atomic mass is 35.5. The molecule has 0 spiro atoms.